The van der Waals surface area contributed by atoms with Gasteiger partial charge in [0.1, 0.15) is 0 Å². The number of aromatic carboxylic acids is 1. The Hall–Kier alpha value is -2.08. The molecule has 0 atom stereocenters. The summed E-state index contributed by atoms with van der Waals surface area (Å²) < 4.78 is 0. The maximum atomic E-state index is 12.2. The standard InChI is InChI=1S/C19H29N3O3/c1-22(2)19(11-5-3-4-6-12-19)14-21-18(25)20-13-15-7-9-16(10-8-15)17(23)24/h7-10H,3-6,11-14H2,1-2H3,(H,23,24)(H2,20,21,25). The SMILES string of the molecule is CN(C)C1(CNC(=O)NCc2ccc(C(=O)O)cc2)CCCCCC1. The van der Waals surface area contributed by atoms with E-state index in [4.69, 9.17) is 5.11 Å². The van der Waals surface area contributed by atoms with Gasteiger partial charge in [-0.3, -0.25) is 0 Å². The second-order valence-electron chi connectivity index (χ2n) is 7.07. The molecule has 0 aromatic heterocycles. The molecule has 1 aliphatic carbocycles. The molecule has 0 aliphatic heterocycles. The number of carboxylic acid groups (broad SMARTS) is 1. The minimum atomic E-state index is -0.949. The molecule has 1 aromatic carbocycles. The molecule has 0 saturated heterocycles. The number of benzene rings is 1. The van der Waals surface area contributed by atoms with E-state index in [-0.39, 0.29) is 17.1 Å². The Kier molecular flexibility index (Phi) is 6.82. The summed E-state index contributed by atoms with van der Waals surface area (Å²) in [6.07, 6.45) is 7.17. The average Bonchev–Trinajstić information content (AvgIpc) is 2.85. The Labute approximate surface area is 149 Å². The first-order valence-corrected chi connectivity index (χ1v) is 8.94. The van der Waals surface area contributed by atoms with E-state index in [2.05, 4.69) is 29.6 Å². The van der Waals surface area contributed by atoms with Crippen LogP contribution in [0.15, 0.2) is 24.3 Å². The highest BCUT2D eigenvalue weighted by atomic mass is 16.4. The van der Waals surface area contributed by atoms with Gasteiger partial charge in [-0.1, -0.05) is 37.8 Å². The van der Waals surface area contributed by atoms with Crippen molar-refractivity contribution in [3.63, 3.8) is 0 Å². The number of hydrogen-bond acceptors (Lipinski definition) is 3. The molecule has 2 rings (SSSR count). The van der Waals surface area contributed by atoms with Crippen LogP contribution in [0.25, 0.3) is 0 Å². The number of rotatable bonds is 6. The van der Waals surface area contributed by atoms with Crippen LogP contribution in [0.5, 0.6) is 0 Å². The lowest BCUT2D eigenvalue weighted by Gasteiger charge is -2.39. The highest BCUT2D eigenvalue weighted by Crippen LogP contribution is 2.30. The third-order valence-electron chi connectivity index (χ3n) is 5.21. The number of carbonyl (C=O) groups is 2. The van der Waals surface area contributed by atoms with Crippen LogP contribution in [-0.2, 0) is 6.54 Å². The van der Waals surface area contributed by atoms with E-state index in [1.807, 2.05) is 0 Å². The summed E-state index contributed by atoms with van der Waals surface area (Å²) in [6.45, 7) is 1.02. The van der Waals surface area contributed by atoms with Gasteiger partial charge < -0.3 is 20.6 Å². The number of carbonyl (C=O) groups excluding carboxylic acids is 1. The smallest absolute Gasteiger partial charge is 0.335 e. The van der Waals surface area contributed by atoms with Gasteiger partial charge in [-0.25, -0.2) is 9.59 Å². The molecular weight excluding hydrogens is 318 g/mol. The second-order valence-corrected chi connectivity index (χ2v) is 7.07. The van der Waals surface area contributed by atoms with Crippen molar-refractivity contribution >= 4 is 12.0 Å². The summed E-state index contributed by atoms with van der Waals surface area (Å²) >= 11 is 0. The Morgan fingerprint density at radius 2 is 1.64 bits per heavy atom. The Morgan fingerprint density at radius 3 is 2.16 bits per heavy atom. The van der Waals surface area contributed by atoms with Crippen LogP contribution in [0.1, 0.15) is 54.4 Å². The van der Waals surface area contributed by atoms with Crippen molar-refractivity contribution in [2.45, 2.75) is 50.6 Å². The van der Waals surface area contributed by atoms with Gasteiger partial charge in [-0.15, -0.1) is 0 Å². The van der Waals surface area contributed by atoms with Crippen molar-refractivity contribution in [3.8, 4) is 0 Å². The molecule has 1 saturated carbocycles. The molecule has 6 heteroatoms. The lowest BCUT2D eigenvalue weighted by molar-refractivity contribution is 0.0697. The topological polar surface area (TPSA) is 81.7 Å². The normalized spacial score (nSPS) is 16.9. The molecule has 2 amide bonds. The van der Waals surface area contributed by atoms with Gasteiger partial charge in [-0.2, -0.15) is 0 Å². The number of amides is 2. The number of nitrogens with one attached hydrogen (secondary N) is 2. The molecule has 0 spiro atoms. The highest BCUT2D eigenvalue weighted by molar-refractivity contribution is 5.87. The largest absolute Gasteiger partial charge is 0.478 e. The predicted octanol–water partition coefficient (Wildman–Crippen LogP) is 2.84. The fourth-order valence-corrected chi connectivity index (χ4v) is 3.42. The van der Waals surface area contributed by atoms with Crippen molar-refractivity contribution in [2.24, 2.45) is 0 Å². The Balaban J connectivity index is 1.83. The zero-order chi connectivity index (χ0) is 18.3. The van der Waals surface area contributed by atoms with Gasteiger partial charge in [0, 0.05) is 18.6 Å². The first-order chi connectivity index (χ1) is 11.9. The molecule has 0 unspecified atom stereocenters. The summed E-state index contributed by atoms with van der Waals surface area (Å²) in [5.74, 6) is -0.949. The fraction of sp³-hybridized carbons (Fsp3) is 0.579. The van der Waals surface area contributed by atoms with Gasteiger partial charge in [0.15, 0.2) is 0 Å². The minimum absolute atomic E-state index is 0.0387. The van der Waals surface area contributed by atoms with Crippen LogP contribution < -0.4 is 10.6 Å². The van der Waals surface area contributed by atoms with Crippen LogP contribution in [-0.4, -0.2) is 48.2 Å². The summed E-state index contributed by atoms with van der Waals surface area (Å²) in [6, 6.07) is 6.34. The zero-order valence-corrected chi connectivity index (χ0v) is 15.2. The molecule has 6 nitrogen and oxygen atoms in total. The van der Waals surface area contributed by atoms with Crippen LogP contribution in [0, 0.1) is 0 Å². The van der Waals surface area contributed by atoms with Crippen LogP contribution in [0.2, 0.25) is 0 Å². The van der Waals surface area contributed by atoms with E-state index >= 15 is 0 Å². The lowest BCUT2D eigenvalue weighted by atomic mass is 9.89. The summed E-state index contributed by atoms with van der Waals surface area (Å²) in [5, 5.41) is 14.8. The first kappa shape index (κ1) is 19.2. The van der Waals surface area contributed by atoms with Gasteiger partial charge in [0.25, 0.3) is 0 Å². The van der Waals surface area contributed by atoms with Gasteiger partial charge in [0.2, 0.25) is 0 Å². The highest BCUT2D eigenvalue weighted by Gasteiger charge is 2.33. The van der Waals surface area contributed by atoms with E-state index < -0.39 is 5.97 Å². The monoisotopic (exact) mass is 347 g/mol. The van der Waals surface area contributed by atoms with Crippen LogP contribution >= 0.6 is 0 Å². The number of likely N-dealkylation sites (N-methyl/N-ethyl adjacent to an activating group) is 1. The van der Waals surface area contributed by atoms with E-state index in [0.717, 1.165) is 18.4 Å². The number of urea groups is 1. The van der Waals surface area contributed by atoms with E-state index in [0.29, 0.717) is 13.1 Å². The summed E-state index contributed by atoms with van der Waals surface area (Å²) in [4.78, 5) is 25.2. The van der Waals surface area contributed by atoms with Crippen molar-refractivity contribution in [3.05, 3.63) is 35.4 Å². The van der Waals surface area contributed by atoms with E-state index in [1.54, 1.807) is 24.3 Å². The Morgan fingerprint density at radius 1 is 1.04 bits per heavy atom. The molecule has 1 fully saturated rings. The number of hydrogen-bond donors (Lipinski definition) is 3. The fourth-order valence-electron chi connectivity index (χ4n) is 3.42. The van der Waals surface area contributed by atoms with Gasteiger partial charge in [-0.05, 0) is 44.6 Å². The molecule has 3 N–H and O–H groups in total. The first-order valence-electron chi connectivity index (χ1n) is 8.94. The second kappa shape index (κ2) is 8.85. The summed E-state index contributed by atoms with van der Waals surface area (Å²) in [5.41, 5.74) is 1.16. The minimum Gasteiger partial charge on any atom is -0.478 e. The Bertz CT molecular complexity index is 576. The third-order valence-corrected chi connectivity index (χ3v) is 5.21. The molecule has 138 valence electrons. The van der Waals surface area contributed by atoms with E-state index in [9.17, 15) is 9.59 Å². The van der Waals surface area contributed by atoms with Gasteiger partial charge in [0.05, 0.1) is 5.56 Å². The number of carboxylic acids is 1. The molecule has 1 aromatic rings. The van der Waals surface area contributed by atoms with Crippen molar-refractivity contribution < 1.29 is 14.7 Å². The maximum Gasteiger partial charge on any atom is 0.335 e. The van der Waals surface area contributed by atoms with Gasteiger partial charge >= 0.3 is 12.0 Å². The average molecular weight is 347 g/mol. The maximum absolute atomic E-state index is 12.2. The lowest BCUT2D eigenvalue weighted by Crippen LogP contribution is -2.53. The molecule has 0 heterocycles. The van der Waals surface area contributed by atoms with Crippen molar-refractivity contribution in [2.75, 3.05) is 20.6 Å². The van der Waals surface area contributed by atoms with Crippen LogP contribution in [0.4, 0.5) is 4.79 Å². The summed E-state index contributed by atoms with van der Waals surface area (Å²) in [7, 11) is 4.18. The number of nitrogens with zero attached hydrogens (tertiary/aromatic N) is 1. The van der Waals surface area contributed by atoms with E-state index in [1.165, 1.54) is 25.7 Å². The quantitative estimate of drug-likeness (QED) is 0.691. The van der Waals surface area contributed by atoms with Crippen molar-refractivity contribution in [1.29, 1.82) is 0 Å². The predicted molar refractivity (Wildman–Crippen MR) is 97.8 cm³/mol. The molecule has 0 bridgehead atoms. The molecule has 1 aliphatic rings. The zero-order valence-electron chi connectivity index (χ0n) is 15.2. The third kappa shape index (κ3) is 5.46. The molecule has 0 radical (unpaired) electrons. The molecule has 25 heavy (non-hydrogen) atoms. The van der Waals surface area contributed by atoms with Crippen LogP contribution in [0.3, 0.4) is 0 Å². The van der Waals surface area contributed by atoms with Crippen molar-refractivity contribution in [1.82, 2.24) is 15.5 Å². The molecular formula is C19H29N3O3.